The number of rotatable bonds is 9. The summed E-state index contributed by atoms with van der Waals surface area (Å²) in [6, 6.07) is 11.3. The standard InChI is InChI=1S/C21H28FN3O3S.HI/c1-16-14-17(6-11-20(16)29(3,26)27)15-25-21(23-2)24-12-4-5-13-28-19-9-7-18(22)8-10-19;/h6-11,14H,4-5,12-13,15H2,1-3H3,(H2,23,24,25);1H. The molecule has 0 unspecified atom stereocenters. The lowest BCUT2D eigenvalue weighted by atomic mass is 10.1. The van der Waals surface area contributed by atoms with Gasteiger partial charge in [-0.15, -0.1) is 24.0 Å². The number of hydrogen-bond donors (Lipinski definition) is 2. The first-order chi connectivity index (χ1) is 13.8. The van der Waals surface area contributed by atoms with E-state index in [9.17, 15) is 12.8 Å². The number of aliphatic imine (C=N–C) groups is 1. The number of halogens is 2. The first-order valence-corrected chi connectivity index (χ1v) is 11.3. The molecule has 0 heterocycles. The van der Waals surface area contributed by atoms with Gasteiger partial charge in [-0.2, -0.15) is 0 Å². The van der Waals surface area contributed by atoms with Crippen LogP contribution in [0, 0.1) is 12.7 Å². The van der Waals surface area contributed by atoms with Crippen LogP contribution in [0.5, 0.6) is 5.75 Å². The van der Waals surface area contributed by atoms with Crippen molar-refractivity contribution in [1.82, 2.24) is 10.6 Å². The maximum Gasteiger partial charge on any atom is 0.191 e. The Hall–Kier alpha value is -1.88. The van der Waals surface area contributed by atoms with Crippen LogP contribution in [0.15, 0.2) is 52.4 Å². The highest BCUT2D eigenvalue weighted by molar-refractivity contribution is 14.0. The molecule has 2 aromatic rings. The number of sulfone groups is 1. The normalized spacial score (nSPS) is 11.5. The molecule has 0 spiro atoms. The molecule has 2 rings (SSSR count). The van der Waals surface area contributed by atoms with Crippen molar-refractivity contribution in [2.45, 2.75) is 31.2 Å². The highest BCUT2D eigenvalue weighted by Gasteiger charge is 2.10. The van der Waals surface area contributed by atoms with Crippen LogP contribution in [0.25, 0.3) is 0 Å². The fraction of sp³-hybridized carbons (Fsp3) is 0.381. The molecule has 0 saturated carbocycles. The third kappa shape index (κ3) is 8.86. The molecule has 0 radical (unpaired) electrons. The number of aryl methyl sites for hydroxylation is 1. The molecule has 0 aromatic heterocycles. The van der Waals surface area contributed by atoms with Crippen LogP contribution in [0.4, 0.5) is 4.39 Å². The second-order valence-electron chi connectivity index (χ2n) is 6.73. The van der Waals surface area contributed by atoms with Crippen LogP contribution in [0.1, 0.15) is 24.0 Å². The van der Waals surface area contributed by atoms with E-state index in [1.54, 1.807) is 38.2 Å². The van der Waals surface area contributed by atoms with Crippen LogP contribution < -0.4 is 15.4 Å². The highest BCUT2D eigenvalue weighted by atomic mass is 127. The van der Waals surface area contributed by atoms with Crippen LogP contribution in [0.2, 0.25) is 0 Å². The van der Waals surface area contributed by atoms with E-state index in [-0.39, 0.29) is 29.8 Å². The van der Waals surface area contributed by atoms with Crippen molar-refractivity contribution in [3.05, 3.63) is 59.4 Å². The minimum atomic E-state index is -3.21. The predicted molar refractivity (Wildman–Crippen MR) is 129 cm³/mol. The molecule has 9 heteroatoms. The molecule has 166 valence electrons. The second-order valence-corrected chi connectivity index (χ2v) is 8.72. The Morgan fingerprint density at radius 3 is 2.40 bits per heavy atom. The van der Waals surface area contributed by atoms with E-state index in [1.807, 2.05) is 6.07 Å². The molecule has 0 aliphatic heterocycles. The number of guanidine groups is 1. The van der Waals surface area contributed by atoms with Gasteiger partial charge in [0.15, 0.2) is 15.8 Å². The molecule has 30 heavy (non-hydrogen) atoms. The molecule has 0 saturated heterocycles. The summed E-state index contributed by atoms with van der Waals surface area (Å²) in [5.74, 6) is 1.06. The van der Waals surface area contributed by atoms with E-state index in [0.717, 1.165) is 30.5 Å². The maximum atomic E-state index is 12.8. The first kappa shape index (κ1) is 26.2. The number of hydrogen-bond acceptors (Lipinski definition) is 4. The van der Waals surface area contributed by atoms with Crippen molar-refractivity contribution in [3.63, 3.8) is 0 Å². The Bertz CT molecular complexity index is 935. The van der Waals surface area contributed by atoms with Gasteiger partial charge < -0.3 is 15.4 Å². The topological polar surface area (TPSA) is 79.8 Å². The summed E-state index contributed by atoms with van der Waals surface area (Å²) < 4.78 is 41.8. The van der Waals surface area contributed by atoms with Crippen molar-refractivity contribution >= 4 is 39.8 Å². The Kier molecular flexibility index (Phi) is 11.1. The van der Waals surface area contributed by atoms with Crippen LogP contribution >= 0.6 is 24.0 Å². The van der Waals surface area contributed by atoms with E-state index < -0.39 is 9.84 Å². The summed E-state index contributed by atoms with van der Waals surface area (Å²) >= 11 is 0. The SMILES string of the molecule is CN=C(NCCCCOc1ccc(F)cc1)NCc1ccc(S(C)(=O)=O)c(C)c1.I. The minimum Gasteiger partial charge on any atom is -0.494 e. The smallest absolute Gasteiger partial charge is 0.191 e. The fourth-order valence-electron chi connectivity index (χ4n) is 2.80. The second kappa shape index (κ2) is 12.7. The third-order valence-electron chi connectivity index (χ3n) is 4.27. The van der Waals surface area contributed by atoms with Gasteiger partial charge in [-0.05, 0) is 61.2 Å². The van der Waals surface area contributed by atoms with Crippen molar-refractivity contribution in [1.29, 1.82) is 0 Å². The van der Waals surface area contributed by atoms with Gasteiger partial charge in [-0.25, -0.2) is 12.8 Å². The number of unbranched alkanes of at least 4 members (excludes halogenated alkanes) is 1. The first-order valence-electron chi connectivity index (χ1n) is 9.42. The maximum absolute atomic E-state index is 12.8. The Morgan fingerprint density at radius 1 is 1.10 bits per heavy atom. The van der Waals surface area contributed by atoms with Crippen molar-refractivity contribution < 1.29 is 17.5 Å². The molecule has 0 aliphatic carbocycles. The number of nitrogens with one attached hydrogen (secondary N) is 2. The molecule has 0 aliphatic rings. The molecule has 2 N–H and O–H groups in total. The van der Waals surface area contributed by atoms with Crippen LogP contribution in [-0.2, 0) is 16.4 Å². The summed E-state index contributed by atoms with van der Waals surface area (Å²) in [4.78, 5) is 4.54. The Morgan fingerprint density at radius 2 is 1.80 bits per heavy atom. The molecular weight excluding hydrogens is 520 g/mol. The molecular formula is C21H29FIN3O3S. The summed E-state index contributed by atoms with van der Waals surface area (Å²) in [6.45, 7) is 3.63. The van der Waals surface area contributed by atoms with E-state index in [2.05, 4.69) is 15.6 Å². The van der Waals surface area contributed by atoms with Crippen LogP contribution in [-0.4, -0.2) is 40.8 Å². The van der Waals surface area contributed by atoms with Gasteiger partial charge in [-0.1, -0.05) is 12.1 Å². The zero-order valence-corrected chi connectivity index (χ0v) is 20.6. The number of benzene rings is 2. The third-order valence-corrected chi connectivity index (χ3v) is 5.53. The number of nitrogens with zero attached hydrogens (tertiary/aromatic N) is 1. The molecule has 2 aromatic carbocycles. The lowest BCUT2D eigenvalue weighted by Crippen LogP contribution is -2.37. The Labute approximate surface area is 195 Å². The zero-order chi connectivity index (χ0) is 21.3. The van der Waals surface area contributed by atoms with E-state index in [4.69, 9.17) is 4.74 Å². The molecule has 0 bridgehead atoms. The van der Waals surface area contributed by atoms with Gasteiger partial charge in [0.25, 0.3) is 0 Å². The average molecular weight is 549 g/mol. The van der Waals surface area contributed by atoms with E-state index in [1.165, 1.54) is 18.4 Å². The minimum absolute atomic E-state index is 0. The van der Waals surface area contributed by atoms with Gasteiger partial charge in [0.1, 0.15) is 11.6 Å². The van der Waals surface area contributed by atoms with Crippen molar-refractivity contribution in [2.24, 2.45) is 4.99 Å². The summed E-state index contributed by atoms with van der Waals surface area (Å²) in [6.07, 6.45) is 2.96. The summed E-state index contributed by atoms with van der Waals surface area (Å²) in [5, 5.41) is 6.45. The Balaban J connectivity index is 0.00000450. The van der Waals surface area contributed by atoms with E-state index in [0.29, 0.717) is 29.8 Å². The lowest BCUT2D eigenvalue weighted by molar-refractivity contribution is 0.306. The van der Waals surface area contributed by atoms with Gasteiger partial charge in [-0.3, -0.25) is 4.99 Å². The monoisotopic (exact) mass is 549 g/mol. The van der Waals surface area contributed by atoms with Crippen molar-refractivity contribution in [3.8, 4) is 5.75 Å². The molecule has 0 atom stereocenters. The fourth-order valence-corrected chi connectivity index (χ4v) is 3.76. The largest absolute Gasteiger partial charge is 0.494 e. The quantitative estimate of drug-likeness (QED) is 0.216. The van der Waals surface area contributed by atoms with Gasteiger partial charge in [0.05, 0.1) is 11.5 Å². The van der Waals surface area contributed by atoms with E-state index >= 15 is 0 Å². The zero-order valence-electron chi connectivity index (χ0n) is 17.4. The molecule has 6 nitrogen and oxygen atoms in total. The van der Waals surface area contributed by atoms with Gasteiger partial charge >= 0.3 is 0 Å². The van der Waals surface area contributed by atoms with Crippen LogP contribution in [0.3, 0.4) is 0 Å². The number of ether oxygens (including phenoxy) is 1. The predicted octanol–water partition coefficient (Wildman–Crippen LogP) is 3.68. The highest BCUT2D eigenvalue weighted by Crippen LogP contribution is 2.16. The van der Waals surface area contributed by atoms with Gasteiger partial charge in [0, 0.05) is 26.4 Å². The van der Waals surface area contributed by atoms with Crippen molar-refractivity contribution in [2.75, 3.05) is 26.5 Å². The van der Waals surface area contributed by atoms with Gasteiger partial charge in [0.2, 0.25) is 0 Å². The summed E-state index contributed by atoms with van der Waals surface area (Å²) in [7, 11) is -1.51. The molecule has 0 amide bonds. The average Bonchev–Trinajstić information content (AvgIpc) is 2.67. The summed E-state index contributed by atoms with van der Waals surface area (Å²) in [5.41, 5.74) is 1.71. The lowest BCUT2D eigenvalue weighted by Gasteiger charge is -2.13. The molecule has 0 fully saturated rings.